The minimum absolute atomic E-state index is 0.00943. The van der Waals surface area contributed by atoms with E-state index in [9.17, 15) is 9.18 Å². The Morgan fingerprint density at radius 2 is 2.04 bits per heavy atom. The maximum absolute atomic E-state index is 14.0. The molecule has 2 aliphatic rings. The Kier molecular flexibility index (Phi) is 4.13. The van der Waals surface area contributed by atoms with E-state index in [4.69, 9.17) is 0 Å². The van der Waals surface area contributed by atoms with Crippen LogP contribution < -0.4 is 10.2 Å². The Balaban J connectivity index is 1.79. The summed E-state index contributed by atoms with van der Waals surface area (Å²) in [7, 11) is 0. The average molecular weight is 354 g/mol. The first-order chi connectivity index (χ1) is 12.5. The van der Waals surface area contributed by atoms with Gasteiger partial charge in [-0.2, -0.15) is 0 Å². The molecule has 0 radical (unpaired) electrons. The maximum Gasteiger partial charge on any atom is 0.224 e. The van der Waals surface area contributed by atoms with Gasteiger partial charge in [-0.15, -0.1) is 0 Å². The maximum atomic E-state index is 14.0. The van der Waals surface area contributed by atoms with E-state index in [-0.39, 0.29) is 29.7 Å². The number of carbonyl (C=O) groups is 1. The Morgan fingerprint density at radius 1 is 1.27 bits per heavy atom. The van der Waals surface area contributed by atoms with Crippen molar-refractivity contribution in [3.8, 4) is 0 Å². The number of aryl methyl sites for hydroxylation is 1. The first kappa shape index (κ1) is 16.9. The first-order valence-electron chi connectivity index (χ1n) is 9.10. The van der Waals surface area contributed by atoms with Crippen molar-refractivity contribution in [1.29, 1.82) is 0 Å². The van der Waals surface area contributed by atoms with Gasteiger partial charge in [0, 0.05) is 30.1 Å². The molecule has 26 heavy (non-hydrogen) atoms. The van der Waals surface area contributed by atoms with Crippen LogP contribution in [0.2, 0.25) is 0 Å². The number of halogens is 1. The van der Waals surface area contributed by atoms with Crippen LogP contribution in [0, 0.1) is 24.6 Å². The van der Waals surface area contributed by atoms with Crippen molar-refractivity contribution < 1.29 is 9.18 Å². The summed E-state index contributed by atoms with van der Waals surface area (Å²) < 4.78 is 14.0. The monoisotopic (exact) mass is 354 g/mol. The van der Waals surface area contributed by atoms with Gasteiger partial charge in [-0.05, 0) is 43.9 Å². The molecule has 1 N–H and O–H groups in total. The Hall–Kier alpha value is -2.50. The quantitative estimate of drug-likeness (QED) is 0.909. The van der Waals surface area contributed by atoms with Gasteiger partial charge in [-0.1, -0.05) is 6.92 Å². The molecule has 0 saturated heterocycles. The van der Waals surface area contributed by atoms with Crippen LogP contribution in [0.15, 0.2) is 30.6 Å². The molecular formula is C20H23FN4O. The second-order valence-electron chi connectivity index (χ2n) is 7.44. The molecule has 2 aromatic rings. The van der Waals surface area contributed by atoms with E-state index in [1.54, 1.807) is 25.4 Å². The molecule has 5 nitrogen and oxygen atoms in total. The number of amides is 1. The third-order valence-corrected chi connectivity index (χ3v) is 5.48. The van der Waals surface area contributed by atoms with Gasteiger partial charge in [0.25, 0.3) is 0 Å². The van der Waals surface area contributed by atoms with Crippen molar-refractivity contribution >= 4 is 17.4 Å². The normalized spacial score (nSPS) is 24.9. The summed E-state index contributed by atoms with van der Waals surface area (Å²) in [5.41, 5.74) is 2.44. The highest BCUT2D eigenvalue weighted by molar-refractivity contribution is 5.94. The van der Waals surface area contributed by atoms with E-state index in [0.29, 0.717) is 11.7 Å². The van der Waals surface area contributed by atoms with E-state index in [2.05, 4.69) is 22.2 Å². The molecule has 1 aliphatic carbocycles. The van der Waals surface area contributed by atoms with Crippen molar-refractivity contribution in [2.75, 3.05) is 10.2 Å². The molecule has 3 atom stereocenters. The molecule has 1 fully saturated rings. The minimum atomic E-state index is -0.300. The van der Waals surface area contributed by atoms with Crippen LogP contribution >= 0.6 is 0 Å². The number of hydrogen-bond donors (Lipinski definition) is 1. The van der Waals surface area contributed by atoms with Gasteiger partial charge < -0.3 is 10.2 Å². The highest BCUT2D eigenvalue weighted by Gasteiger charge is 2.47. The zero-order valence-corrected chi connectivity index (χ0v) is 15.2. The summed E-state index contributed by atoms with van der Waals surface area (Å²) in [5, 5.41) is 3.44. The predicted octanol–water partition coefficient (Wildman–Crippen LogP) is 3.86. The third kappa shape index (κ3) is 2.93. The van der Waals surface area contributed by atoms with Crippen LogP contribution in [-0.2, 0) is 4.79 Å². The molecule has 6 heteroatoms. The molecule has 1 aliphatic heterocycles. The summed E-state index contributed by atoms with van der Waals surface area (Å²) in [6.07, 6.45) is 5.67. The number of anilines is 2. The molecular weight excluding hydrogens is 331 g/mol. The van der Waals surface area contributed by atoms with Gasteiger partial charge in [0.1, 0.15) is 11.6 Å². The number of benzene rings is 1. The standard InChI is InChI=1S/C20H23FN4O/c1-11-9-23-18(10-22-11)24-19-12(2)20(14-4-5-14)25(13(3)26)17-7-6-15(21)8-16(17)19/h6-10,12,14,19-20H,4-5H2,1-3H3,(H,23,24)/t12-,19?,20?/m1/s1. The van der Waals surface area contributed by atoms with Gasteiger partial charge in [-0.25, -0.2) is 9.37 Å². The van der Waals surface area contributed by atoms with E-state index >= 15 is 0 Å². The Labute approximate surface area is 152 Å². The summed E-state index contributed by atoms with van der Waals surface area (Å²) in [4.78, 5) is 23.0. The molecule has 136 valence electrons. The van der Waals surface area contributed by atoms with Crippen molar-refractivity contribution in [1.82, 2.24) is 9.97 Å². The Morgan fingerprint density at radius 3 is 2.65 bits per heavy atom. The fraction of sp³-hybridized carbons (Fsp3) is 0.450. The summed E-state index contributed by atoms with van der Waals surface area (Å²) in [6.45, 7) is 5.61. The fourth-order valence-corrected chi connectivity index (χ4v) is 4.16. The van der Waals surface area contributed by atoms with Crippen LogP contribution in [0.3, 0.4) is 0 Å². The van der Waals surface area contributed by atoms with Crippen molar-refractivity contribution in [2.45, 2.75) is 45.7 Å². The number of nitrogens with zero attached hydrogens (tertiary/aromatic N) is 3. The van der Waals surface area contributed by atoms with Crippen LogP contribution in [-0.4, -0.2) is 21.9 Å². The number of hydrogen-bond acceptors (Lipinski definition) is 4. The lowest BCUT2D eigenvalue weighted by atomic mass is 9.80. The SMILES string of the molecule is CC(=O)N1c2ccc(F)cc2C(Nc2cnc(C)cn2)[C@@H](C)C1C1CC1. The molecule has 0 spiro atoms. The van der Waals surface area contributed by atoms with Crippen molar-refractivity contribution in [3.63, 3.8) is 0 Å². The van der Waals surface area contributed by atoms with Crippen LogP contribution in [0.1, 0.15) is 44.0 Å². The third-order valence-electron chi connectivity index (χ3n) is 5.48. The highest BCUT2D eigenvalue weighted by atomic mass is 19.1. The second kappa shape index (κ2) is 6.34. The summed E-state index contributed by atoms with van der Waals surface area (Å²) >= 11 is 0. The summed E-state index contributed by atoms with van der Waals surface area (Å²) in [6, 6.07) is 4.67. The number of nitrogens with one attached hydrogen (secondary N) is 1. The summed E-state index contributed by atoms with van der Waals surface area (Å²) in [5.74, 6) is 0.999. The zero-order chi connectivity index (χ0) is 18.4. The first-order valence-corrected chi connectivity index (χ1v) is 9.10. The molecule has 2 unspecified atom stereocenters. The topological polar surface area (TPSA) is 58.1 Å². The highest BCUT2D eigenvalue weighted by Crippen LogP contribution is 2.49. The molecule has 0 bridgehead atoms. The molecule has 1 aromatic carbocycles. The fourth-order valence-electron chi connectivity index (χ4n) is 4.16. The minimum Gasteiger partial charge on any atom is -0.362 e. The smallest absolute Gasteiger partial charge is 0.224 e. The molecule has 1 saturated carbocycles. The van der Waals surface area contributed by atoms with Gasteiger partial charge in [-0.3, -0.25) is 9.78 Å². The van der Waals surface area contributed by atoms with E-state index < -0.39 is 0 Å². The number of carbonyl (C=O) groups excluding carboxylic acids is 1. The van der Waals surface area contributed by atoms with Crippen molar-refractivity contribution in [3.05, 3.63) is 47.7 Å². The Bertz CT molecular complexity index is 834. The van der Waals surface area contributed by atoms with Gasteiger partial charge in [0.15, 0.2) is 0 Å². The van der Waals surface area contributed by atoms with Crippen LogP contribution in [0.25, 0.3) is 0 Å². The van der Waals surface area contributed by atoms with Crippen molar-refractivity contribution in [2.24, 2.45) is 11.8 Å². The molecule has 2 heterocycles. The van der Waals surface area contributed by atoms with Crippen LogP contribution in [0.5, 0.6) is 0 Å². The molecule has 1 amide bonds. The van der Waals surface area contributed by atoms with Gasteiger partial charge in [0.2, 0.25) is 5.91 Å². The predicted molar refractivity (Wildman–Crippen MR) is 98.4 cm³/mol. The average Bonchev–Trinajstić information content (AvgIpc) is 3.43. The lowest BCUT2D eigenvalue weighted by molar-refractivity contribution is -0.117. The van der Waals surface area contributed by atoms with E-state index in [0.717, 1.165) is 29.8 Å². The van der Waals surface area contributed by atoms with Gasteiger partial charge in [0.05, 0.1) is 24.1 Å². The number of aromatic nitrogens is 2. The largest absolute Gasteiger partial charge is 0.362 e. The van der Waals surface area contributed by atoms with Crippen LogP contribution in [0.4, 0.5) is 15.9 Å². The number of fused-ring (bicyclic) bond motifs is 1. The van der Waals surface area contributed by atoms with E-state index in [1.807, 2.05) is 11.8 Å². The lowest BCUT2D eigenvalue weighted by Crippen LogP contribution is -2.51. The number of rotatable bonds is 3. The zero-order valence-electron chi connectivity index (χ0n) is 15.2. The van der Waals surface area contributed by atoms with E-state index in [1.165, 1.54) is 12.1 Å². The molecule has 1 aromatic heterocycles. The molecule has 4 rings (SSSR count). The lowest BCUT2D eigenvalue weighted by Gasteiger charge is -2.45. The second-order valence-corrected chi connectivity index (χ2v) is 7.44. The van der Waals surface area contributed by atoms with Gasteiger partial charge >= 0.3 is 0 Å².